The molecule has 2 heterocycles. The van der Waals surface area contributed by atoms with E-state index in [9.17, 15) is 40.5 Å². The van der Waals surface area contributed by atoms with Crippen molar-refractivity contribution in [1.82, 2.24) is 0 Å². The highest BCUT2D eigenvalue weighted by Crippen LogP contribution is 2.50. The maximum atomic E-state index is 12.8. The van der Waals surface area contributed by atoms with Crippen molar-refractivity contribution in [3.05, 3.63) is 47.0 Å². The Bertz CT molecular complexity index is 987. The lowest BCUT2D eigenvalue weighted by Gasteiger charge is -2.41. The molecule has 10 heteroatoms. The van der Waals surface area contributed by atoms with Gasteiger partial charge in [0.1, 0.15) is 65.2 Å². The molecular formula is C21H22O10. The molecule has 2 aromatic rings. The van der Waals surface area contributed by atoms with E-state index < -0.39 is 60.5 Å². The number of ether oxygens (including phenoxy) is 2. The molecule has 0 unspecified atom stereocenters. The summed E-state index contributed by atoms with van der Waals surface area (Å²) in [7, 11) is 0. The summed E-state index contributed by atoms with van der Waals surface area (Å²) >= 11 is 0. The fourth-order valence-electron chi connectivity index (χ4n) is 3.98. The van der Waals surface area contributed by atoms with Crippen LogP contribution in [-0.4, -0.2) is 72.6 Å². The number of aromatic hydroxyl groups is 3. The van der Waals surface area contributed by atoms with Gasteiger partial charge in [0, 0.05) is 6.07 Å². The zero-order valence-electron chi connectivity index (χ0n) is 16.1. The van der Waals surface area contributed by atoms with Gasteiger partial charge in [-0.05, 0) is 17.7 Å². The molecule has 31 heavy (non-hydrogen) atoms. The zero-order valence-corrected chi connectivity index (χ0v) is 16.1. The molecule has 10 nitrogen and oxygen atoms in total. The van der Waals surface area contributed by atoms with Crippen LogP contribution in [0, 0.1) is 0 Å². The molecule has 2 aliphatic rings. The minimum atomic E-state index is -1.73. The van der Waals surface area contributed by atoms with Crippen molar-refractivity contribution in [3.8, 4) is 23.0 Å². The summed E-state index contributed by atoms with van der Waals surface area (Å²) in [4.78, 5) is 12.8. The van der Waals surface area contributed by atoms with Crippen LogP contribution in [0.25, 0.3) is 0 Å². The molecule has 1 saturated heterocycles. The van der Waals surface area contributed by atoms with Crippen LogP contribution in [0.1, 0.15) is 40.1 Å². The average Bonchev–Trinajstić information content (AvgIpc) is 2.73. The predicted molar refractivity (Wildman–Crippen MR) is 103 cm³/mol. The number of phenols is 3. The van der Waals surface area contributed by atoms with Gasteiger partial charge < -0.3 is 45.2 Å². The fourth-order valence-corrected chi connectivity index (χ4v) is 3.98. The van der Waals surface area contributed by atoms with Crippen LogP contribution in [-0.2, 0) is 4.74 Å². The quantitative estimate of drug-likeness (QED) is 0.348. The van der Waals surface area contributed by atoms with Gasteiger partial charge in [-0.1, -0.05) is 12.1 Å². The van der Waals surface area contributed by atoms with E-state index in [2.05, 4.69) is 0 Å². The Morgan fingerprint density at radius 2 is 1.61 bits per heavy atom. The number of phenolic OH excluding ortho intramolecular Hbond substituents is 3. The highest BCUT2D eigenvalue weighted by atomic mass is 16.5. The Kier molecular flexibility index (Phi) is 5.50. The molecule has 0 saturated carbocycles. The molecule has 0 aliphatic carbocycles. The maximum absolute atomic E-state index is 12.8. The van der Waals surface area contributed by atoms with Crippen molar-refractivity contribution in [3.63, 3.8) is 0 Å². The molecule has 7 N–H and O–H groups in total. The second kappa shape index (κ2) is 7.98. The number of ketones is 1. The van der Waals surface area contributed by atoms with Crippen molar-refractivity contribution in [2.75, 3.05) is 6.61 Å². The van der Waals surface area contributed by atoms with Crippen LogP contribution in [0.3, 0.4) is 0 Å². The third-order valence-corrected chi connectivity index (χ3v) is 5.63. The van der Waals surface area contributed by atoms with E-state index in [1.54, 1.807) is 12.1 Å². The SMILES string of the molecule is O=C1C[C@@H](c2ccc(O)cc2)Oc2c1c(O)cc(O)c2[C@H]1O[C@@H](CO)[C@H](O)[C@@H](O)[C@@H]1O. The number of fused-ring (bicyclic) bond motifs is 1. The summed E-state index contributed by atoms with van der Waals surface area (Å²) in [6.45, 7) is -0.682. The number of benzene rings is 2. The summed E-state index contributed by atoms with van der Waals surface area (Å²) in [6.07, 6.45) is -8.75. The molecule has 4 rings (SSSR count). The largest absolute Gasteiger partial charge is 0.508 e. The summed E-state index contributed by atoms with van der Waals surface area (Å²) in [6, 6.07) is 6.83. The molecule has 0 amide bonds. The van der Waals surface area contributed by atoms with E-state index in [0.717, 1.165) is 6.07 Å². The van der Waals surface area contributed by atoms with Gasteiger partial charge in [0.2, 0.25) is 0 Å². The number of Topliss-reactive ketones (excluding diaryl/α,β-unsaturated/α-hetero) is 1. The fraction of sp³-hybridized carbons (Fsp3) is 0.381. The Morgan fingerprint density at radius 1 is 0.935 bits per heavy atom. The molecular weight excluding hydrogens is 412 g/mol. The minimum Gasteiger partial charge on any atom is -0.508 e. The number of aliphatic hydroxyl groups excluding tert-OH is 4. The van der Waals surface area contributed by atoms with Crippen LogP contribution >= 0.6 is 0 Å². The van der Waals surface area contributed by atoms with Crippen LogP contribution < -0.4 is 4.74 Å². The number of rotatable bonds is 3. The van der Waals surface area contributed by atoms with Crippen LogP contribution in [0.15, 0.2) is 30.3 Å². The monoisotopic (exact) mass is 434 g/mol. The molecule has 0 aromatic heterocycles. The third-order valence-electron chi connectivity index (χ3n) is 5.63. The Balaban J connectivity index is 1.81. The van der Waals surface area contributed by atoms with Gasteiger partial charge in [-0.3, -0.25) is 4.79 Å². The second-order valence-electron chi connectivity index (χ2n) is 7.61. The van der Waals surface area contributed by atoms with Gasteiger partial charge in [0.25, 0.3) is 0 Å². The molecule has 166 valence electrons. The highest BCUT2D eigenvalue weighted by Gasteiger charge is 2.47. The van der Waals surface area contributed by atoms with Gasteiger partial charge in [-0.2, -0.15) is 0 Å². The van der Waals surface area contributed by atoms with Crippen molar-refractivity contribution < 1.29 is 50.0 Å². The maximum Gasteiger partial charge on any atom is 0.174 e. The van der Waals surface area contributed by atoms with E-state index in [1.807, 2.05) is 0 Å². The Morgan fingerprint density at radius 3 is 2.26 bits per heavy atom. The van der Waals surface area contributed by atoms with Gasteiger partial charge in [-0.15, -0.1) is 0 Å². The lowest BCUT2D eigenvalue weighted by Crippen LogP contribution is -2.55. The first-order valence-electron chi connectivity index (χ1n) is 9.61. The van der Waals surface area contributed by atoms with Crippen LogP contribution in [0.4, 0.5) is 0 Å². The van der Waals surface area contributed by atoms with E-state index in [4.69, 9.17) is 9.47 Å². The zero-order chi connectivity index (χ0) is 22.4. The van der Waals surface area contributed by atoms with Gasteiger partial charge >= 0.3 is 0 Å². The van der Waals surface area contributed by atoms with E-state index in [1.165, 1.54) is 12.1 Å². The number of carbonyl (C=O) groups excluding carboxylic acids is 1. The van der Waals surface area contributed by atoms with E-state index >= 15 is 0 Å². The standard InChI is InChI=1S/C21H22O10/c22-7-14-17(27)18(28)19(29)21(31-14)16-11(25)5-10(24)15-12(26)6-13(30-20(15)16)8-1-3-9(23)4-2-8/h1-5,13-14,17-19,21-25,27-29H,6-7H2/t13-,14-,17-,18+,19-,21+/m0/s1. The van der Waals surface area contributed by atoms with Crippen molar-refractivity contribution in [2.45, 2.75) is 43.0 Å². The predicted octanol–water partition coefficient (Wildman–Crippen LogP) is 0.0248. The Hall–Kier alpha value is -2.89. The molecule has 6 atom stereocenters. The van der Waals surface area contributed by atoms with E-state index in [0.29, 0.717) is 5.56 Å². The smallest absolute Gasteiger partial charge is 0.174 e. The Labute approximate surface area is 176 Å². The third kappa shape index (κ3) is 3.58. The average molecular weight is 434 g/mol. The summed E-state index contributed by atoms with van der Waals surface area (Å²) in [5.74, 6) is -1.82. The normalized spacial score (nSPS) is 30.5. The molecule has 0 bridgehead atoms. The van der Waals surface area contributed by atoms with Crippen LogP contribution in [0.5, 0.6) is 23.0 Å². The summed E-state index contributed by atoms with van der Waals surface area (Å²) in [5.41, 5.74) is 0.112. The number of aliphatic hydroxyl groups is 4. The molecule has 2 aliphatic heterocycles. The first kappa shape index (κ1) is 21.3. The molecule has 1 fully saturated rings. The van der Waals surface area contributed by atoms with Gasteiger partial charge in [0.15, 0.2) is 5.78 Å². The number of hydrogen-bond donors (Lipinski definition) is 7. The molecule has 0 spiro atoms. The first-order chi connectivity index (χ1) is 14.7. The van der Waals surface area contributed by atoms with Gasteiger partial charge in [0.05, 0.1) is 18.6 Å². The second-order valence-corrected chi connectivity index (χ2v) is 7.61. The van der Waals surface area contributed by atoms with E-state index in [-0.39, 0.29) is 29.0 Å². The van der Waals surface area contributed by atoms with Crippen molar-refractivity contribution in [2.24, 2.45) is 0 Å². The number of hydrogen-bond acceptors (Lipinski definition) is 10. The lowest BCUT2D eigenvalue weighted by atomic mass is 9.87. The molecule has 0 radical (unpaired) electrons. The highest BCUT2D eigenvalue weighted by molar-refractivity contribution is 6.03. The van der Waals surface area contributed by atoms with Crippen molar-refractivity contribution >= 4 is 5.78 Å². The minimum absolute atomic E-state index is 0.0172. The number of carbonyl (C=O) groups is 1. The van der Waals surface area contributed by atoms with Crippen molar-refractivity contribution in [1.29, 1.82) is 0 Å². The lowest BCUT2D eigenvalue weighted by molar-refractivity contribution is -0.232. The summed E-state index contributed by atoms with van der Waals surface area (Å²) < 4.78 is 11.5. The summed E-state index contributed by atoms with van der Waals surface area (Å²) in [5, 5.41) is 70.4. The topological polar surface area (TPSA) is 177 Å². The van der Waals surface area contributed by atoms with Crippen LogP contribution in [0.2, 0.25) is 0 Å². The first-order valence-corrected chi connectivity index (χ1v) is 9.61. The molecule has 2 aromatic carbocycles. The van der Waals surface area contributed by atoms with Gasteiger partial charge in [-0.25, -0.2) is 0 Å².